The van der Waals surface area contributed by atoms with Crippen molar-refractivity contribution in [3.8, 4) is 0 Å². The van der Waals surface area contributed by atoms with E-state index in [-0.39, 0.29) is 11.6 Å². The summed E-state index contributed by atoms with van der Waals surface area (Å²) in [6.45, 7) is 1.88. The lowest BCUT2D eigenvalue weighted by atomic mass is 10.3. The Labute approximate surface area is 101 Å². The van der Waals surface area contributed by atoms with E-state index in [2.05, 4.69) is 5.32 Å². The third-order valence-electron chi connectivity index (χ3n) is 2.13. The molecular formula is C12H9F2NOS. The first kappa shape index (κ1) is 11.7. The van der Waals surface area contributed by atoms with Crippen molar-refractivity contribution in [1.29, 1.82) is 0 Å². The van der Waals surface area contributed by atoms with Gasteiger partial charge in [-0.3, -0.25) is 4.79 Å². The quantitative estimate of drug-likeness (QED) is 0.870. The van der Waals surface area contributed by atoms with Crippen LogP contribution in [-0.2, 0) is 0 Å². The lowest BCUT2D eigenvalue weighted by molar-refractivity contribution is 0.103. The van der Waals surface area contributed by atoms with Crippen molar-refractivity contribution >= 4 is 22.9 Å². The number of aryl methyl sites for hydroxylation is 1. The maximum Gasteiger partial charge on any atom is 0.265 e. The van der Waals surface area contributed by atoms with Gasteiger partial charge in [-0.1, -0.05) is 0 Å². The zero-order valence-electron chi connectivity index (χ0n) is 8.96. The van der Waals surface area contributed by atoms with Crippen LogP contribution in [0.1, 0.15) is 15.2 Å². The van der Waals surface area contributed by atoms with E-state index in [0.29, 0.717) is 4.88 Å². The molecule has 0 unspecified atom stereocenters. The molecule has 1 aromatic carbocycles. The first-order valence-electron chi connectivity index (χ1n) is 4.88. The molecule has 1 N–H and O–H groups in total. The Morgan fingerprint density at radius 1 is 1.24 bits per heavy atom. The SMILES string of the molecule is Cc1csc(C(=O)Nc2ccc(F)c(F)c2)c1. The Morgan fingerprint density at radius 3 is 2.59 bits per heavy atom. The van der Waals surface area contributed by atoms with Crippen molar-refractivity contribution in [3.05, 3.63) is 51.7 Å². The topological polar surface area (TPSA) is 29.1 Å². The third-order valence-corrected chi connectivity index (χ3v) is 3.18. The fourth-order valence-corrected chi connectivity index (χ4v) is 2.11. The highest BCUT2D eigenvalue weighted by atomic mass is 32.1. The molecular weight excluding hydrogens is 244 g/mol. The van der Waals surface area contributed by atoms with E-state index in [1.54, 1.807) is 6.07 Å². The average molecular weight is 253 g/mol. The Hall–Kier alpha value is -1.75. The number of halogens is 2. The molecule has 2 nitrogen and oxygen atoms in total. The average Bonchev–Trinajstić information content (AvgIpc) is 2.70. The van der Waals surface area contributed by atoms with Crippen LogP contribution in [0.4, 0.5) is 14.5 Å². The molecule has 88 valence electrons. The summed E-state index contributed by atoms with van der Waals surface area (Å²) < 4.78 is 25.6. The van der Waals surface area contributed by atoms with Gasteiger partial charge >= 0.3 is 0 Å². The first-order chi connectivity index (χ1) is 8.06. The Morgan fingerprint density at radius 2 is 2.00 bits per heavy atom. The van der Waals surface area contributed by atoms with Gasteiger partial charge in [0.05, 0.1) is 4.88 Å². The zero-order chi connectivity index (χ0) is 12.4. The summed E-state index contributed by atoms with van der Waals surface area (Å²) in [5, 5.41) is 4.35. The lowest BCUT2D eigenvalue weighted by Gasteiger charge is -2.03. The minimum absolute atomic E-state index is 0.236. The maximum absolute atomic E-state index is 12.9. The standard InChI is InChI=1S/C12H9F2NOS/c1-7-4-11(17-6-7)12(16)15-8-2-3-9(13)10(14)5-8/h2-6H,1H3,(H,15,16). The Kier molecular flexibility index (Phi) is 3.19. The molecule has 0 spiro atoms. The van der Waals surface area contributed by atoms with Crippen LogP contribution < -0.4 is 5.32 Å². The van der Waals surface area contributed by atoms with Gasteiger partial charge in [-0.2, -0.15) is 0 Å². The van der Waals surface area contributed by atoms with E-state index in [0.717, 1.165) is 17.7 Å². The van der Waals surface area contributed by atoms with Gasteiger partial charge in [0.25, 0.3) is 5.91 Å². The van der Waals surface area contributed by atoms with Gasteiger partial charge in [0.15, 0.2) is 11.6 Å². The molecule has 0 atom stereocenters. The second kappa shape index (κ2) is 4.63. The fourth-order valence-electron chi connectivity index (χ4n) is 1.32. The molecule has 2 rings (SSSR count). The normalized spacial score (nSPS) is 10.3. The molecule has 0 saturated carbocycles. The van der Waals surface area contributed by atoms with Gasteiger partial charge < -0.3 is 5.32 Å². The van der Waals surface area contributed by atoms with Crippen LogP contribution in [0.5, 0.6) is 0 Å². The van der Waals surface area contributed by atoms with Gasteiger partial charge in [-0.15, -0.1) is 11.3 Å². The maximum atomic E-state index is 12.9. The number of carbonyl (C=O) groups is 1. The van der Waals surface area contributed by atoms with Gasteiger partial charge in [0.2, 0.25) is 0 Å². The summed E-state index contributed by atoms with van der Waals surface area (Å²) >= 11 is 1.30. The number of hydrogen-bond donors (Lipinski definition) is 1. The van der Waals surface area contributed by atoms with Crippen LogP contribution in [0.15, 0.2) is 29.6 Å². The molecule has 1 amide bonds. The van der Waals surface area contributed by atoms with E-state index in [1.807, 2.05) is 12.3 Å². The Balaban J connectivity index is 2.15. The van der Waals surface area contributed by atoms with Crippen LogP contribution in [0.2, 0.25) is 0 Å². The summed E-state index contributed by atoms with van der Waals surface area (Å²) in [6.07, 6.45) is 0. The minimum atomic E-state index is -0.981. The van der Waals surface area contributed by atoms with Gasteiger partial charge in [-0.05, 0) is 36.1 Å². The summed E-state index contributed by atoms with van der Waals surface area (Å²) in [4.78, 5) is 12.2. The summed E-state index contributed by atoms with van der Waals surface area (Å²) in [5.74, 6) is -2.24. The van der Waals surface area contributed by atoms with Crippen molar-refractivity contribution in [1.82, 2.24) is 0 Å². The Bertz CT molecular complexity index is 565. The molecule has 17 heavy (non-hydrogen) atoms. The molecule has 0 aliphatic rings. The largest absolute Gasteiger partial charge is 0.321 e. The third kappa shape index (κ3) is 2.68. The van der Waals surface area contributed by atoms with Crippen molar-refractivity contribution < 1.29 is 13.6 Å². The van der Waals surface area contributed by atoms with Crippen LogP contribution in [0.25, 0.3) is 0 Å². The highest BCUT2D eigenvalue weighted by Crippen LogP contribution is 2.17. The summed E-state index contributed by atoms with van der Waals surface area (Å²) in [6, 6.07) is 4.98. The van der Waals surface area contributed by atoms with Crippen LogP contribution in [0.3, 0.4) is 0 Å². The van der Waals surface area contributed by atoms with Crippen LogP contribution >= 0.6 is 11.3 Å². The number of benzene rings is 1. The van der Waals surface area contributed by atoms with Crippen molar-refractivity contribution in [2.45, 2.75) is 6.92 Å². The molecule has 0 fully saturated rings. The molecule has 0 aliphatic heterocycles. The first-order valence-corrected chi connectivity index (χ1v) is 5.76. The van der Waals surface area contributed by atoms with Gasteiger partial charge in [0.1, 0.15) is 0 Å². The lowest BCUT2D eigenvalue weighted by Crippen LogP contribution is -2.10. The number of rotatable bonds is 2. The highest BCUT2D eigenvalue weighted by Gasteiger charge is 2.09. The zero-order valence-corrected chi connectivity index (χ0v) is 9.78. The molecule has 0 bridgehead atoms. The van der Waals surface area contributed by atoms with Crippen LogP contribution in [0, 0.1) is 18.6 Å². The minimum Gasteiger partial charge on any atom is -0.321 e. The summed E-state index contributed by atoms with van der Waals surface area (Å²) in [5.41, 5.74) is 1.23. The predicted molar refractivity (Wildman–Crippen MR) is 63.4 cm³/mol. The molecule has 2 aromatic rings. The smallest absolute Gasteiger partial charge is 0.265 e. The van der Waals surface area contributed by atoms with Gasteiger partial charge in [-0.25, -0.2) is 8.78 Å². The van der Waals surface area contributed by atoms with Crippen molar-refractivity contribution in [3.63, 3.8) is 0 Å². The molecule has 5 heteroatoms. The second-order valence-corrected chi connectivity index (χ2v) is 4.48. The van der Waals surface area contributed by atoms with E-state index in [4.69, 9.17) is 0 Å². The number of carbonyl (C=O) groups excluding carboxylic acids is 1. The molecule has 0 radical (unpaired) electrons. The number of hydrogen-bond acceptors (Lipinski definition) is 2. The monoisotopic (exact) mass is 253 g/mol. The molecule has 1 aromatic heterocycles. The van der Waals surface area contributed by atoms with Gasteiger partial charge in [0, 0.05) is 11.8 Å². The number of nitrogens with one attached hydrogen (secondary N) is 1. The van der Waals surface area contributed by atoms with E-state index in [9.17, 15) is 13.6 Å². The fraction of sp³-hybridized carbons (Fsp3) is 0.0833. The van der Waals surface area contributed by atoms with E-state index < -0.39 is 11.6 Å². The van der Waals surface area contributed by atoms with E-state index >= 15 is 0 Å². The van der Waals surface area contributed by atoms with E-state index in [1.165, 1.54) is 17.4 Å². The number of anilines is 1. The number of amides is 1. The summed E-state index contributed by atoms with van der Waals surface area (Å²) in [7, 11) is 0. The molecule has 0 saturated heterocycles. The highest BCUT2D eigenvalue weighted by molar-refractivity contribution is 7.12. The molecule has 1 heterocycles. The van der Waals surface area contributed by atoms with Crippen molar-refractivity contribution in [2.24, 2.45) is 0 Å². The predicted octanol–water partition coefficient (Wildman–Crippen LogP) is 3.59. The number of thiophene rings is 1. The molecule has 0 aliphatic carbocycles. The second-order valence-electron chi connectivity index (χ2n) is 3.57. The van der Waals surface area contributed by atoms with Crippen LogP contribution in [-0.4, -0.2) is 5.91 Å². The van der Waals surface area contributed by atoms with Crippen molar-refractivity contribution in [2.75, 3.05) is 5.32 Å².